The van der Waals surface area contributed by atoms with Gasteiger partial charge in [-0.15, -0.1) is 0 Å². The van der Waals surface area contributed by atoms with Gasteiger partial charge in [-0.2, -0.15) is 0 Å². The first-order chi connectivity index (χ1) is 8.83. The summed E-state index contributed by atoms with van der Waals surface area (Å²) in [4.78, 5) is 11.1. The molecule has 5 heteroatoms. The summed E-state index contributed by atoms with van der Waals surface area (Å²) in [7, 11) is 0. The fraction of sp³-hybridized carbons (Fsp3) is 0.692. The molecule has 0 saturated carbocycles. The standard InChI is InChI=1S/C13H19BrN4/c14-11-8-16-13(17-9-11)18-6-3-10(4-7-18)12-2-1-5-15-12/h8-10,12,15H,1-7H2. The van der Waals surface area contributed by atoms with E-state index in [1.807, 2.05) is 12.4 Å². The number of rotatable bonds is 2. The van der Waals surface area contributed by atoms with Crippen molar-refractivity contribution in [1.82, 2.24) is 15.3 Å². The highest BCUT2D eigenvalue weighted by atomic mass is 79.9. The van der Waals surface area contributed by atoms with E-state index in [0.29, 0.717) is 0 Å². The Morgan fingerprint density at radius 2 is 1.89 bits per heavy atom. The number of piperidine rings is 1. The summed E-state index contributed by atoms with van der Waals surface area (Å²) in [5, 5.41) is 3.63. The lowest BCUT2D eigenvalue weighted by Crippen LogP contribution is -2.41. The molecule has 1 unspecified atom stereocenters. The van der Waals surface area contributed by atoms with Crippen molar-refractivity contribution < 1.29 is 0 Å². The van der Waals surface area contributed by atoms with Gasteiger partial charge in [0.2, 0.25) is 5.95 Å². The Morgan fingerprint density at radius 1 is 1.17 bits per heavy atom. The molecular weight excluding hydrogens is 292 g/mol. The normalized spacial score (nSPS) is 25.6. The minimum atomic E-state index is 0.762. The molecule has 1 N–H and O–H groups in total. The van der Waals surface area contributed by atoms with E-state index in [0.717, 1.165) is 35.5 Å². The molecule has 2 aliphatic heterocycles. The average Bonchev–Trinajstić information content (AvgIpc) is 2.94. The van der Waals surface area contributed by atoms with Crippen LogP contribution in [0.1, 0.15) is 25.7 Å². The zero-order chi connectivity index (χ0) is 12.4. The Labute approximate surface area is 116 Å². The van der Waals surface area contributed by atoms with E-state index in [9.17, 15) is 0 Å². The van der Waals surface area contributed by atoms with Gasteiger partial charge in [-0.1, -0.05) is 0 Å². The van der Waals surface area contributed by atoms with Crippen LogP contribution in [0.2, 0.25) is 0 Å². The van der Waals surface area contributed by atoms with Crippen molar-refractivity contribution in [2.45, 2.75) is 31.7 Å². The molecule has 0 spiro atoms. The maximum Gasteiger partial charge on any atom is 0.225 e. The number of aromatic nitrogens is 2. The highest BCUT2D eigenvalue weighted by Gasteiger charge is 2.28. The first kappa shape index (κ1) is 12.4. The molecule has 98 valence electrons. The van der Waals surface area contributed by atoms with E-state index in [-0.39, 0.29) is 0 Å². The van der Waals surface area contributed by atoms with Gasteiger partial charge in [-0.05, 0) is 54.1 Å². The minimum absolute atomic E-state index is 0.762. The van der Waals surface area contributed by atoms with Crippen LogP contribution in [0, 0.1) is 5.92 Å². The van der Waals surface area contributed by atoms with Crippen molar-refractivity contribution in [2.75, 3.05) is 24.5 Å². The van der Waals surface area contributed by atoms with Gasteiger partial charge in [0, 0.05) is 31.5 Å². The molecule has 0 radical (unpaired) electrons. The monoisotopic (exact) mass is 310 g/mol. The van der Waals surface area contributed by atoms with Gasteiger partial charge in [-0.3, -0.25) is 0 Å². The summed E-state index contributed by atoms with van der Waals surface area (Å²) in [6, 6.07) is 0.762. The predicted octanol–water partition coefficient (Wildman–Crippen LogP) is 2.21. The largest absolute Gasteiger partial charge is 0.341 e. The highest BCUT2D eigenvalue weighted by molar-refractivity contribution is 9.10. The third kappa shape index (κ3) is 2.67. The van der Waals surface area contributed by atoms with Gasteiger partial charge in [0.1, 0.15) is 0 Å². The Hall–Kier alpha value is -0.680. The Morgan fingerprint density at radius 3 is 2.50 bits per heavy atom. The van der Waals surface area contributed by atoms with Crippen LogP contribution in [0.4, 0.5) is 5.95 Å². The van der Waals surface area contributed by atoms with E-state index in [2.05, 4.69) is 36.1 Å². The Bertz CT molecular complexity index is 380. The second kappa shape index (κ2) is 5.53. The third-order valence-electron chi connectivity index (χ3n) is 4.10. The van der Waals surface area contributed by atoms with Gasteiger partial charge in [0.05, 0.1) is 4.47 Å². The summed E-state index contributed by atoms with van der Waals surface area (Å²) >= 11 is 3.37. The van der Waals surface area contributed by atoms with Crippen molar-refractivity contribution in [3.63, 3.8) is 0 Å². The van der Waals surface area contributed by atoms with Gasteiger partial charge in [0.25, 0.3) is 0 Å². The van der Waals surface area contributed by atoms with E-state index in [1.165, 1.54) is 32.2 Å². The molecule has 18 heavy (non-hydrogen) atoms. The van der Waals surface area contributed by atoms with Gasteiger partial charge in [0.15, 0.2) is 0 Å². The first-order valence-electron chi connectivity index (χ1n) is 6.79. The van der Waals surface area contributed by atoms with Crippen LogP contribution >= 0.6 is 15.9 Å². The SMILES string of the molecule is Brc1cnc(N2CCC(C3CCCN3)CC2)nc1. The molecule has 3 rings (SSSR count). The molecule has 2 aliphatic rings. The molecule has 0 aliphatic carbocycles. The maximum atomic E-state index is 4.38. The molecule has 1 aromatic rings. The summed E-state index contributed by atoms with van der Waals surface area (Å²) in [5.74, 6) is 1.72. The quantitative estimate of drug-likeness (QED) is 0.909. The van der Waals surface area contributed by atoms with E-state index in [1.54, 1.807) is 0 Å². The number of nitrogens with one attached hydrogen (secondary N) is 1. The Balaban J connectivity index is 1.57. The van der Waals surface area contributed by atoms with Crippen molar-refractivity contribution >= 4 is 21.9 Å². The van der Waals surface area contributed by atoms with E-state index < -0.39 is 0 Å². The molecule has 2 saturated heterocycles. The molecule has 0 aromatic carbocycles. The second-order valence-electron chi connectivity index (χ2n) is 5.23. The molecule has 0 bridgehead atoms. The Kier molecular flexibility index (Phi) is 3.80. The van der Waals surface area contributed by atoms with Crippen LogP contribution in [0.15, 0.2) is 16.9 Å². The fourth-order valence-corrected chi connectivity index (χ4v) is 3.29. The van der Waals surface area contributed by atoms with Crippen molar-refractivity contribution in [3.05, 3.63) is 16.9 Å². The predicted molar refractivity (Wildman–Crippen MR) is 75.7 cm³/mol. The average molecular weight is 311 g/mol. The molecule has 2 fully saturated rings. The van der Waals surface area contributed by atoms with E-state index >= 15 is 0 Å². The molecule has 1 atom stereocenters. The molecular formula is C13H19BrN4. The molecule has 0 amide bonds. The second-order valence-corrected chi connectivity index (χ2v) is 6.14. The number of anilines is 1. The molecule has 4 nitrogen and oxygen atoms in total. The minimum Gasteiger partial charge on any atom is -0.341 e. The number of hydrogen-bond acceptors (Lipinski definition) is 4. The van der Waals surface area contributed by atoms with Crippen molar-refractivity contribution in [3.8, 4) is 0 Å². The van der Waals surface area contributed by atoms with Gasteiger partial charge in [-0.25, -0.2) is 9.97 Å². The lowest BCUT2D eigenvalue weighted by atomic mass is 9.89. The number of nitrogens with zero attached hydrogens (tertiary/aromatic N) is 3. The van der Waals surface area contributed by atoms with Crippen LogP contribution < -0.4 is 10.2 Å². The van der Waals surface area contributed by atoms with Crippen LogP contribution in [0.5, 0.6) is 0 Å². The first-order valence-corrected chi connectivity index (χ1v) is 7.58. The zero-order valence-corrected chi connectivity index (χ0v) is 12.1. The summed E-state index contributed by atoms with van der Waals surface area (Å²) in [6.07, 6.45) is 8.88. The maximum absolute atomic E-state index is 4.38. The van der Waals surface area contributed by atoms with Crippen LogP contribution in [0.3, 0.4) is 0 Å². The number of hydrogen-bond donors (Lipinski definition) is 1. The smallest absolute Gasteiger partial charge is 0.225 e. The van der Waals surface area contributed by atoms with E-state index in [4.69, 9.17) is 0 Å². The highest BCUT2D eigenvalue weighted by Crippen LogP contribution is 2.27. The van der Waals surface area contributed by atoms with Gasteiger partial charge >= 0.3 is 0 Å². The van der Waals surface area contributed by atoms with Crippen LogP contribution in [-0.4, -0.2) is 35.6 Å². The topological polar surface area (TPSA) is 41.1 Å². The lowest BCUT2D eigenvalue weighted by molar-refractivity contribution is 0.317. The van der Waals surface area contributed by atoms with Crippen molar-refractivity contribution in [1.29, 1.82) is 0 Å². The molecule has 1 aromatic heterocycles. The third-order valence-corrected chi connectivity index (χ3v) is 4.51. The van der Waals surface area contributed by atoms with Crippen LogP contribution in [0.25, 0.3) is 0 Å². The fourth-order valence-electron chi connectivity index (χ4n) is 3.08. The summed E-state index contributed by atoms with van der Waals surface area (Å²) in [5.41, 5.74) is 0. The van der Waals surface area contributed by atoms with Crippen LogP contribution in [-0.2, 0) is 0 Å². The lowest BCUT2D eigenvalue weighted by Gasteiger charge is -2.34. The molecule has 3 heterocycles. The van der Waals surface area contributed by atoms with Gasteiger partial charge < -0.3 is 10.2 Å². The summed E-state index contributed by atoms with van der Waals surface area (Å²) in [6.45, 7) is 3.38. The van der Waals surface area contributed by atoms with Crippen molar-refractivity contribution in [2.24, 2.45) is 5.92 Å². The number of halogens is 1. The zero-order valence-electron chi connectivity index (χ0n) is 10.5. The summed E-state index contributed by atoms with van der Waals surface area (Å²) < 4.78 is 0.941.